The Kier molecular flexibility index (Phi) is 4.52. The predicted octanol–water partition coefficient (Wildman–Crippen LogP) is 4.48. The molecule has 1 amide bonds. The average Bonchev–Trinajstić information content (AvgIpc) is 2.63. The number of carbonyl (C=O) groups excluding carboxylic acids is 2. The van der Waals surface area contributed by atoms with Crippen LogP contribution in [-0.2, 0) is 0 Å². The monoisotopic (exact) mass is 315 g/mol. The molecular formula is C21H17NO2. The Bertz CT molecular complexity index is 885. The summed E-state index contributed by atoms with van der Waals surface area (Å²) in [5, 5.41) is 2.88. The van der Waals surface area contributed by atoms with Crippen molar-refractivity contribution in [2.75, 3.05) is 5.32 Å². The van der Waals surface area contributed by atoms with Crippen molar-refractivity contribution in [3.63, 3.8) is 0 Å². The summed E-state index contributed by atoms with van der Waals surface area (Å²) in [5.41, 5.74) is 3.04. The number of rotatable bonds is 4. The molecule has 1 N–H and O–H groups in total. The topological polar surface area (TPSA) is 46.2 Å². The average molecular weight is 315 g/mol. The van der Waals surface area contributed by atoms with Crippen LogP contribution in [0.2, 0.25) is 0 Å². The molecule has 0 saturated heterocycles. The lowest BCUT2D eigenvalue weighted by Crippen LogP contribution is -2.17. The van der Waals surface area contributed by atoms with E-state index >= 15 is 0 Å². The number of amides is 1. The van der Waals surface area contributed by atoms with Gasteiger partial charge in [0.05, 0.1) is 5.56 Å². The molecule has 0 saturated carbocycles. The lowest BCUT2D eigenvalue weighted by molar-refractivity contribution is 0.0996. The summed E-state index contributed by atoms with van der Waals surface area (Å²) < 4.78 is 0. The number of benzene rings is 3. The molecule has 0 fully saturated rings. The van der Waals surface area contributed by atoms with Crippen molar-refractivity contribution in [2.45, 2.75) is 6.92 Å². The van der Waals surface area contributed by atoms with E-state index in [2.05, 4.69) is 5.32 Å². The summed E-state index contributed by atoms with van der Waals surface area (Å²) in [5.74, 6) is -0.449. The molecule has 0 aliphatic heterocycles. The van der Waals surface area contributed by atoms with Crippen molar-refractivity contribution in [2.24, 2.45) is 0 Å². The van der Waals surface area contributed by atoms with Gasteiger partial charge in [0.15, 0.2) is 5.78 Å². The van der Waals surface area contributed by atoms with Crippen LogP contribution in [0.5, 0.6) is 0 Å². The second kappa shape index (κ2) is 6.92. The number of para-hydroxylation sites is 1. The molecule has 0 bridgehead atoms. The molecule has 3 aromatic rings. The van der Waals surface area contributed by atoms with E-state index in [0.717, 1.165) is 11.3 Å². The molecule has 0 radical (unpaired) electrons. The van der Waals surface area contributed by atoms with Crippen LogP contribution in [0.25, 0.3) is 0 Å². The first-order chi connectivity index (χ1) is 11.7. The molecule has 0 aliphatic rings. The molecule has 3 heteroatoms. The highest BCUT2D eigenvalue weighted by molar-refractivity contribution is 6.17. The fourth-order valence-electron chi connectivity index (χ4n) is 2.53. The molecule has 3 rings (SSSR count). The fourth-order valence-corrected chi connectivity index (χ4v) is 2.53. The highest BCUT2D eigenvalue weighted by Crippen LogP contribution is 2.18. The van der Waals surface area contributed by atoms with Gasteiger partial charge in [0, 0.05) is 16.8 Å². The van der Waals surface area contributed by atoms with Crippen LogP contribution in [0.15, 0.2) is 78.9 Å². The zero-order valence-corrected chi connectivity index (χ0v) is 13.3. The smallest absolute Gasteiger partial charge is 0.256 e. The van der Waals surface area contributed by atoms with Crippen molar-refractivity contribution in [1.29, 1.82) is 0 Å². The van der Waals surface area contributed by atoms with Crippen molar-refractivity contribution < 1.29 is 9.59 Å². The minimum absolute atomic E-state index is 0.161. The maximum atomic E-state index is 12.7. The molecule has 118 valence electrons. The first kappa shape index (κ1) is 15.7. The zero-order valence-electron chi connectivity index (χ0n) is 13.3. The van der Waals surface area contributed by atoms with Gasteiger partial charge in [0.1, 0.15) is 0 Å². The number of anilines is 1. The Balaban J connectivity index is 1.93. The summed E-state index contributed by atoms with van der Waals surface area (Å²) in [7, 11) is 0. The number of hydrogen-bond donors (Lipinski definition) is 1. The van der Waals surface area contributed by atoms with Crippen molar-refractivity contribution in [3.05, 3.63) is 101 Å². The predicted molar refractivity (Wildman–Crippen MR) is 95.4 cm³/mol. The van der Waals surface area contributed by atoms with Gasteiger partial charge >= 0.3 is 0 Å². The summed E-state index contributed by atoms with van der Waals surface area (Å²) >= 11 is 0. The Labute approximate surface area is 141 Å². The third-order valence-corrected chi connectivity index (χ3v) is 3.85. The van der Waals surface area contributed by atoms with E-state index in [1.165, 1.54) is 0 Å². The molecular weight excluding hydrogens is 298 g/mol. The van der Waals surface area contributed by atoms with E-state index in [1.807, 2.05) is 49.4 Å². The van der Waals surface area contributed by atoms with Crippen molar-refractivity contribution in [1.82, 2.24) is 0 Å². The summed E-state index contributed by atoms with van der Waals surface area (Å²) in [6, 6.07) is 23.4. The molecule has 3 aromatic carbocycles. The lowest BCUT2D eigenvalue weighted by atomic mass is 9.98. The van der Waals surface area contributed by atoms with Crippen LogP contribution < -0.4 is 5.32 Å². The highest BCUT2D eigenvalue weighted by atomic mass is 16.2. The first-order valence-electron chi connectivity index (χ1n) is 7.72. The Hall–Kier alpha value is -3.20. The van der Waals surface area contributed by atoms with Gasteiger partial charge < -0.3 is 5.32 Å². The maximum Gasteiger partial charge on any atom is 0.256 e. The van der Waals surface area contributed by atoms with Crippen LogP contribution in [0.1, 0.15) is 31.8 Å². The minimum Gasteiger partial charge on any atom is -0.322 e. The van der Waals surface area contributed by atoms with E-state index in [-0.39, 0.29) is 11.7 Å². The van der Waals surface area contributed by atoms with Gasteiger partial charge in [-0.2, -0.15) is 0 Å². The van der Waals surface area contributed by atoms with E-state index in [1.54, 1.807) is 36.4 Å². The quantitative estimate of drug-likeness (QED) is 0.722. The molecule has 3 nitrogen and oxygen atoms in total. The SMILES string of the molecule is Cc1ccccc1NC(=O)c1ccccc1C(=O)c1ccccc1. The maximum absolute atomic E-state index is 12.7. The van der Waals surface area contributed by atoms with E-state index in [0.29, 0.717) is 16.7 Å². The fraction of sp³-hybridized carbons (Fsp3) is 0.0476. The van der Waals surface area contributed by atoms with Gasteiger partial charge in [0.2, 0.25) is 0 Å². The summed E-state index contributed by atoms with van der Waals surface area (Å²) in [6.07, 6.45) is 0. The second-order valence-corrected chi connectivity index (χ2v) is 5.51. The molecule has 0 aliphatic carbocycles. The Morgan fingerprint density at radius 2 is 1.29 bits per heavy atom. The Morgan fingerprint density at radius 1 is 0.708 bits per heavy atom. The first-order valence-corrected chi connectivity index (χ1v) is 7.72. The number of nitrogens with one attached hydrogen (secondary N) is 1. The second-order valence-electron chi connectivity index (χ2n) is 5.51. The van der Waals surface area contributed by atoms with Gasteiger partial charge in [-0.05, 0) is 24.6 Å². The summed E-state index contributed by atoms with van der Waals surface area (Å²) in [4.78, 5) is 25.4. The normalized spacial score (nSPS) is 10.2. The number of ketones is 1. The lowest BCUT2D eigenvalue weighted by Gasteiger charge is -2.11. The third kappa shape index (κ3) is 3.25. The number of carbonyl (C=O) groups is 2. The summed E-state index contributed by atoms with van der Waals surface area (Å²) in [6.45, 7) is 1.93. The number of hydrogen-bond acceptors (Lipinski definition) is 2. The van der Waals surface area contributed by atoms with Crippen LogP contribution in [-0.4, -0.2) is 11.7 Å². The Morgan fingerprint density at radius 3 is 2.00 bits per heavy atom. The van der Waals surface area contributed by atoms with Crippen LogP contribution in [0.4, 0.5) is 5.69 Å². The van der Waals surface area contributed by atoms with E-state index < -0.39 is 0 Å². The van der Waals surface area contributed by atoms with E-state index in [4.69, 9.17) is 0 Å². The molecule has 0 heterocycles. The van der Waals surface area contributed by atoms with Crippen molar-refractivity contribution >= 4 is 17.4 Å². The van der Waals surface area contributed by atoms with Gasteiger partial charge in [0.25, 0.3) is 5.91 Å². The third-order valence-electron chi connectivity index (χ3n) is 3.85. The largest absolute Gasteiger partial charge is 0.322 e. The van der Waals surface area contributed by atoms with Crippen molar-refractivity contribution in [3.8, 4) is 0 Å². The van der Waals surface area contributed by atoms with E-state index in [9.17, 15) is 9.59 Å². The highest BCUT2D eigenvalue weighted by Gasteiger charge is 2.18. The van der Waals surface area contributed by atoms with Gasteiger partial charge in [-0.3, -0.25) is 9.59 Å². The molecule has 0 atom stereocenters. The zero-order chi connectivity index (χ0) is 16.9. The van der Waals surface area contributed by atoms with Crippen LogP contribution in [0.3, 0.4) is 0 Å². The van der Waals surface area contributed by atoms with Gasteiger partial charge in [-0.15, -0.1) is 0 Å². The standard InChI is InChI=1S/C21H17NO2/c1-15-9-5-8-14-19(15)22-21(24)18-13-7-6-12-17(18)20(23)16-10-3-2-4-11-16/h2-14H,1H3,(H,22,24). The van der Waals surface area contributed by atoms with Crippen LogP contribution >= 0.6 is 0 Å². The number of aryl methyl sites for hydroxylation is 1. The van der Waals surface area contributed by atoms with Crippen LogP contribution in [0, 0.1) is 6.92 Å². The molecule has 0 unspecified atom stereocenters. The minimum atomic E-state index is -0.288. The van der Waals surface area contributed by atoms with Gasteiger partial charge in [-0.25, -0.2) is 0 Å². The molecule has 24 heavy (non-hydrogen) atoms. The molecule has 0 spiro atoms. The van der Waals surface area contributed by atoms with Gasteiger partial charge in [-0.1, -0.05) is 66.7 Å². The molecule has 0 aromatic heterocycles.